The maximum atomic E-state index is 5.37. The van der Waals surface area contributed by atoms with Crippen molar-refractivity contribution in [3.8, 4) is 17.0 Å². The van der Waals surface area contributed by atoms with Crippen molar-refractivity contribution in [2.24, 2.45) is 7.05 Å². The minimum Gasteiger partial charge on any atom is -0.496 e. The van der Waals surface area contributed by atoms with Crippen molar-refractivity contribution >= 4 is 0 Å². The molecule has 1 N–H and O–H groups in total. The van der Waals surface area contributed by atoms with Gasteiger partial charge in [0, 0.05) is 19.2 Å². The number of aromatic nitrogens is 2. The molecule has 1 aromatic carbocycles. The van der Waals surface area contributed by atoms with E-state index in [1.807, 2.05) is 20.4 Å². The van der Waals surface area contributed by atoms with Gasteiger partial charge in [-0.1, -0.05) is 0 Å². The Balaban J connectivity index is 2.59. The van der Waals surface area contributed by atoms with Crippen molar-refractivity contribution in [1.82, 2.24) is 14.9 Å². The second kappa shape index (κ2) is 5.45. The lowest BCUT2D eigenvalue weighted by Crippen LogP contribution is -2.07. The molecule has 0 aliphatic heterocycles. The summed E-state index contributed by atoms with van der Waals surface area (Å²) in [7, 11) is 5.67. The quantitative estimate of drug-likeness (QED) is 0.916. The zero-order valence-electron chi connectivity index (χ0n) is 12.2. The lowest BCUT2D eigenvalue weighted by atomic mass is 10.0. The summed E-state index contributed by atoms with van der Waals surface area (Å²) in [5, 5.41) is 3.16. The number of imidazole rings is 1. The zero-order valence-corrected chi connectivity index (χ0v) is 12.2. The van der Waals surface area contributed by atoms with Crippen molar-refractivity contribution in [2.75, 3.05) is 14.2 Å². The number of aryl methyl sites for hydroxylation is 3. The molecule has 2 aromatic rings. The highest BCUT2D eigenvalue weighted by Gasteiger charge is 2.14. The molecule has 0 saturated heterocycles. The van der Waals surface area contributed by atoms with E-state index >= 15 is 0 Å². The van der Waals surface area contributed by atoms with Crippen molar-refractivity contribution in [1.29, 1.82) is 0 Å². The first-order valence-electron chi connectivity index (χ1n) is 6.39. The average Bonchev–Trinajstić information content (AvgIpc) is 2.73. The van der Waals surface area contributed by atoms with E-state index < -0.39 is 0 Å². The molecule has 0 unspecified atom stereocenters. The summed E-state index contributed by atoms with van der Waals surface area (Å²) >= 11 is 0. The Morgan fingerprint density at radius 3 is 2.63 bits per heavy atom. The predicted octanol–water partition coefficient (Wildman–Crippen LogP) is 2.43. The first-order valence-corrected chi connectivity index (χ1v) is 6.39. The molecule has 0 radical (unpaired) electrons. The molecule has 0 saturated carbocycles. The number of benzene rings is 1. The standard InChI is InChI=1S/C15H21N3O/c1-10-7-14(19-5)11(2)6-12(10)15-13(8-16-3)17-9-18(15)4/h6-7,9,16H,8H2,1-5H3. The van der Waals surface area contributed by atoms with Gasteiger partial charge < -0.3 is 14.6 Å². The van der Waals surface area contributed by atoms with Gasteiger partial charge in [0.05, 0.1) is 24.8 Å². The molecule has 0 spiro atoms. The monoisotopic (exact) mass is 259 g/mol. The molecule has 1 aromatic heterocycles. The number of nitrogens with zero attached hydrogens (tertiary/aromatic N) is 2. The van der Waals surface area contributed by atoms with Gasteiger partial charge in [-0.15, -0.1) is 0 Å². The molecule has 19 heavy (non-hydrogen) atoms. The minimum absolute atomic E-state index is 0.765. The molecule has 0 bridgehead atoms. The normalized spacial score (nSPS) is 10.8. The molecule has 0 aliphatic carbocycles. The Morgan fingerprint density at radius 2 is 2.00 bits per heavy atom. The van der Waals surface area contributed by atoms with Crippen LogP contribution in [0.15, 0.2) is 18.5 Å². The van der Waals surface area contributed by atoms with Crippen LogP contribution < -0.4 is 10.1 Å². The molecule has 0 atom stereocenters. The molecular formula is C15H21N3O. The predicted molar refractivity (Wildman–Crippen MR) is 77.4 cm³/mol. The topological polar surface area (TPSA) is 39.1 Å². The summed E-state index contributed by atoms with van der Waals surface area (Å²) in [4.78, 5) is 4.46. The van der Waals surface area contributed by atoms with Gasteiger partial charge in [0.25, 0.3) is 0 Å². The smallest absolute Gasteiger partial charge is 0.122 e. The number of nitrogens with one attached hydrogen (secondary N) is 1. The van der Waals surface area contributed by atoms with Crippen LogP contribution in [0.2, 0.25) is 0 Å². The van der Waals surface area contributed by atoms with Gasteiger partial charge in [-0.25, -0.2) is 4.98 Å². The molecule has 4 nitrogen and oxygen atoms in total. The fraction of sp³-hybridized carbons (Fsp3) is 0.400. The Kier molecular flexibility index (Phi) is 3.90. The summed E-state index contributed by atoms with van der Waals surface area (Å²) in [6.45, 7) is 4.93. The maximum Gasteiger partial charge on any atom is 0.122 e. The number of hydrogen-bond donors (Lipinski definition) is 1. The van der Waals surface area contributed by atoms with Crippen LogP contribution in [0.5, 0.6) is 5.75 Å². The van der Waals surface area contributed by atoms with Crippen LogP contribution in [0.25, 0.3) is 11.3 Å². The van der Waals surface area contributed by atoms with Crippen LogP contribution in [-0.4, -0.2) is 23.7 Å². The van der Waals surface area contributed by atoms with Crippen molar-refractivity contribution in [3.05, 3.63) is 35.3 Å². The third-order valence-corrected chi connectivity index (χ3v) is 3.35. The highest BCUT2D eigenvalue weighted by molar-refractivity contribution is 5.69. The van der Waals surface area contributed by atoms with Crippen LogP contribution in [0, 0.1) is 13.8 Å². The van der Waals surface area contributed by atoms with Crippen LogP contribution in [0.1, 0.15) is 16.8 Å². The van der Waals surface area contributed by atoms with Crippen LogP contribution in [0.3, 0.4) is 0 Å². The molecule has 0 amide bonds. The Labute approximate surface area is 114 Å². The van der Waals surface area contributed by atoms with E-state index in [0.717, 1.165) is 29.2 Å². The lowest BCUT2D eigenvalue weighted by Gasteiger charge is -2.13. The van der Waals surface area contributed by atoms with Gasteiger partial charge in [-0.05, 0) is 44.2 Å². The summed E-state index contributed by atoms with van der Waals surface area (Å²) in [5.41, 5.74) is 5.78. The third-order valence-electron chi connectivity index (χ3n) is 3.35. The van der Waals surface area contributed by atoms with E-state index in [1.165, 1.54) is 11.1 Å². The Bertz CT molecular complexity index is 587. The highest BCUT2D eigenvalue weighted by atomic mass is 16.5. The average molecular weight is 259 g/mol. The number of hydrogen-bond acceptors (Lipinski definition) is 3. The second-order valence-electron chi connectivity index (χ2n) is 4.82. The number of ether oxygens (including phenoxy) is 1. The maximum absolute atomic E-state index is 5.37. The molecule has 1 heterocycles. The number of rotatable bonds is 4. The van der Waals surface area contributed by atoms with Crippen LogP contribution >= 0.6 is 0 Å². The first kappa shape index (κ1) is 13.6. The van der Waals surface area contributed by atoms with Crippen LogP contribution in [-0.2, 0) is 13.6 Å². The van der Waals surface area contributed by atoms with E-state index in [2.05, 4.69) is 40.8 Å². The van der Waals surface area contributed by atoms with E-state index in [4.69, 9.17) is 4.74 Å². The van der Waals surface area contributed by atoms with Crippen molar-refractivity contribution < 1.29 is 4.74 Å². The third kappa shape index (κ3) is 2.49. The molecule has 2 rings (SSSR count). The molecule has 0 fully saturated rings. The second-order valence-corrected chi connectivity index (χ2v) is 4.82. The highest BCUT2D eigenvalue weighted by Crippen LogP contribution is 2.31. The number of methoxy groups -OCH3 is 1. The lowest BCUT2D eigenvalue weighted by molar-refractivity contribution is 0.411. The van der Waals surface area contributed by atoms with E-state index in [0.29, 0.717) is 0 Å². The molecular weight excluding hydrogens is 238 g/mol. The van der Waals surface area contributed by atoms with Gasteiger partial charge >= 0.3 is 0 Å². The van der Waals surface area contributed by atoms with E-state index in [-0.39, 0.29) is 0 Å². The fourth-order valence-electron chi connectivity index (χ4n) is 2.39. The van der Waals surface area contributed by atoms with Gasteiger partial charge in [0.1, 0.15) is 5.75 Å². The van der Waals surface area contributed by atoms with Gasteiger partial charge in [0.2, 0.25) is 0 Å². The van der Waals surface area contributed by atoms with Gasteiger partial charge in [-0.2, -0.15) is 0 Å². The van der Waals surface area contributed by atoms with E-state index in [9.17, 15) is 0 Å². The molecule has 102 valence electrons. The Morgan fingerprint density at radius 1 is 1.26 bits per heavy atom. The minimum atomic E-state index is 0.765. The molecule has 0 aliphatic rings. The summed E-state index contributed by atoms with van der Waals surface area (Å²) < 4.78 is 7.44. The fourth-order valence-corrected chi connectivity index (χ4v) is 2.39. The molecule has 4 heteroatoms. The summed E-state index contributed by atoms with van der Waals surface area (Å²) in [5.74, 6) is 0.929. The van der Waals surface area contributed by atoms with Gasteiger partial charge in [0.15, 0.2) is 0 Å². The first-order chi connectivity index (χ1) is 9.08. The summed E-state index contributed by atoms with van der Waals surface area (Å²) in [6.07, 6.45) is 1.86. The van der Waals surface area contributed by atoms with Crippen LogP contribution in [0.4, 0.5) is 0 Å². The van der Waals surface area contributed by atoms with Gasteiger partial charge in [-0.3, -0.25) is 0 Å². The summed E-state index contributed by atoms with van der Waals surface area (Å²) in [6, 6.07) is 4.26. The van der Waals surface area contributed by atoms with Crippen molar-refractivity contribution in [3.63, 3.8) is 0 Å². The van der Waals surface area contributed by atoms with E-state index in [1.54, 1.807) is 7.11 Å². The Hall–Kier alpha value is -1.81. The zero-order chi connectivity index (χ0) is 14.0. The largest absolute Gasteiger partial charge is 0.496 e. The SMILES string of the molecule is CNCc1ncn(C)c1-c1cc(C)c(OC)cc1C. The van der Waals surface area contributed by atoms with Crippen molar-refractivity contribution in [2.45, 2.75) is 20.4 Å².